The first kappa shape index (κ1) is 61.0. The lowest BCUT2D eigenvalue weighted by Crippen LogP contribution is -2.55. The van der Waals surface area contributed by atoms with Gasteiger partial charge in [0.2, 0.25) is 41.2 Å². The van der Waals surface area contributed by atoms with E-state index in [2.05, 4.69) is 31.9 Å². The molecule has 0 saturated heterocycles. The summed E-state index contributed by atoms with van der Waals surface area (Å²) in [4.78, 5) is 104. The highest BCUT2D eigenvalue weighted by Gasteiger charge is 2.42. The second-order valence-electron chi connectivity index (χ2n) is 20.4. The van der Waals surface area contributed by atoms with E-state index >= 15 is 14.4 Å². The van der Waals surface area contributed by atoms with Crippen molar-refractivity contribution in [2.45, 2.75) is 54.8 Å². The third-order valence-corrected chi connectivity index (χ3v) is 15.6. The summed E-state index contributed by atoms with van der Waals surface area (Å²) >= 11 is 20.5. The predicted molar refractivity (Wildman–Crippen MR) is 311 cm³/mol. The topological polar surface area (TPSA) is 396 Å². The van der Waals surface area contributed by atoms with Crippen LogP contribution in [0, 0.1) is 0 Å². The molecule has 0 spiro atoms. The molecule has 88 heavy (non-hydrogen) atoms. The summed E-state index contributed by atoms with van der Waals surface area (Å²) < 4.78 is 24.7. The van der Waals surface area contributed by atoms with Crippen LogP contribution in [-0.4, -0.2) is 105 Å². The number of aliphatic carboxylic acids is 1. The molecule has 449 valence electrons. The van der Waals surface area contributed by atoms with Crippen molar-refractivity contribution in [2.24, 2.45) is 5.73 Å². The highest BCUT2D eigenvalue weighted by molar-refractivity contribution is 6.33. The SMILES string of the molecule is COc1c2cc3cc1Oc1ccc(cc1Cl)[C@@H](O)C1NC(=O)C(NC(=O)[C@H]3NC(=O)[C@@H]3NC(=O)[C@H](Cc4ccc(c(Cl)c4)O2)NC(=O)[C@@H](N)c2ccc(O)c(c2)Oc2cc(O)cc3c2)c2cc(Cl)c(O)c(c2)-c2c(O)cc(O)cc2[C@H](C(=O)O)NC1=O.[B]. The van der Waals surface area contributed by atoms with Crippen molar-refractivity contribution >= 4 is 84.6 Å². The van der Waals surface area contributed by atoms with Crippen LogP contribution in [0.1, 0.15) is 75.3 Å². The monoisotopic (exact) mass is 1260 g/mol. The number of nitrogens with one attached hydrogen (secondary N) is 6. The van der Waals surface area contributed by atoms with Crippen LogP contribution in [0.3, 0.4) is 0 Å². The normalized spacial score (nSPS) is 21.5. The van der Waals surface area contributed by atoms with E-state index in [4.69, 9.17) is 59.5 Å². The van der Waals surface area contributed by atoms with E-state index in [1.807, 2.05) is 0 Å². The molecule has 8 atom stereocenters. The molecule has 6 aliphatic heterocycles. The molecule has 7 aromatic rings. The van der Waals surface area contributed by atoms with Gasteiger partial charge in [0.25, 0.3) is 0 Å². The Bertz CT molecular complexity index is 4120. The number of benzene rings is 7. The quantitative estimate of drug-likeness (QED) is 0.0942. The number of phenolic OH excluding ortho intramolecular Hbond substituents is 5. The van der Waals surface area contributed by atoms with Crippen LogP contribution >= 0.6 is 34.8 Å². The van der Waals surface area contributed by atoms with Gasteiger partial charge in [-0.2, -0.15) is 0 Å². The molecule has 7 aromatic carbocycles. The van der Waals surface area contributed by atoms with Crippen molar-refractivity contribution in [3.63, 3.8) is 0 Å². The second-order valence-corrected chi connectivity index (χ2v) is 21.6. The first-order chi connectivity index (χ1) is 41.4. The maximum atomic E-state index is 15.8. The molecule has 17 bridgehead atoms. The number of carbonyl (C=O) groups is 7. The standard InChI is InChI=1S/C59H46Cl3N7O18.B/c1-84-52-41-16-26-17-42(52)87-39-7-4-23(13-33(39)61)50(74)49-58(81)68-48(59(82)83)30-19-28(71)20-37(73)43(30)31-12-25(14-34(62)51(31)75)46(57(80)69-49)66-56(79)47(26)67-55(78)45-24-10-27(70)18-29(11-24)85-40-15-22(3-5-36(40)72)44(63)54(77)64-35(53(76)65-45)9-21-2-6-38(86-41)32(60)8-21;/h2-8,10-20,35,44-50,70-75H,9,63H2,1H3,(H,64,77)(H,65,76)(H,66,79)(H,67,78)(H,68,81)(H,69,80)(H,82,83);/t35-,44-,45+,46?,47-,48+,49?,50+;/m0./s1. The lowest BCUT2D eigenvalue weighted by molar-refractivity contribution is -0.143. The number of nitrogens with two attached hydrogens (primary N) is 1. The molecule has 2 unspecified atom stereocenters. The minimum atomic E-state index is -2.21. The number of carboxylic acids is 1. The number of fused-ring (bicyclic) bond motifs is 14. The van der Waals surface area contributed by atoms with Crippen LogP contribution < -0.4 is 56.6 Å². The molecule has 6 amide bonds. The summed E-state index contributed by atoms with van der Waals surface area (Å²) in [7, 11) is 1.23. The van der Waals surface area contributed by atoms with E-state index in [1.165, 1.54) is 73.8 Å². The zero-order valence-electron chi connectivity index (χ0n) is 45.1. The van der Waals surface area contributed by atoms with Gasteiger partial charge in [0, 0.05) is 43.7 Å². The average molecular weight is 1260 g/mol. The van der Waals surface area contributed by atoms with E-state index in [-0.39, 0.29) is 92.9 Å². The molecule has 3 radical (unpaired) electrons. The maximum absolute atomic E-state index is 15.8. The number of amides is 6. The van der Waals surface area contributed by atoms with Crippen molar-refractivity contribution in [1.29, 1.82) is 0 Å². The van der Waals surface area contributed by atoms with Gasteiger partial charge in [-0.3, -0.25) is 28.8 Å². The molecule has 6 aliphatic rings. The molecular formula is C59H46BCl3N7O18. The first-order valence-corrected chi connectivity index (χ1v) is 27.1. The van der Waals surface area contributed by atoms with Gasteiger partial charge in [-0.1, -0.05) is 53.0 Å². The Kier molecular flexibility index (Phi) is 16.6. The maximum Gasteiger partial charge on any atom is 0.330 e. The number of hydrogen-bond donors (Lipinski definition) is 14. The van der Waals surface area contributed by atoms with Crippen molar-refractivity contribution in [3.8, 4) is 80.1 Å². The van der Waals surface area contributed by atoms with Gasteiger partial charge in [0.05, 0.1) is 22.2 Å². The zero-order valence-corrected chi connectivity index (χ0v) is 47.4. The Balaban J connectivity index is 0.00000855. The molecule has 0 aromatic heterocycles. The minimum Gasteiger partial charge on any atom is -0.508 e. The number of methoxy groups -OCH3 is 1. The molecule has 25 nitrogen and oxygen atoms in total. The van der Waals surface area contributed by atoms with Gasteiger partial charge < -0.3 is 92.3 Å². The zero-order chi connectivity index (χ0) is 62.0. The first-order valence-electron chi connectivity index (χ1n) is 26.0. The number of carbonyl (C=O) groups excluding carboxylic acids is 6. The van der Waals surface area contributed by atoms with Crippen molar-refractivity contribution in [2.75, 3.05) is 7.11 Å². The summed E-state index contributed by atoms with van der Waals surface area (Å²) in [5, 5.41) is 92.9. The predicted octanol–water partition coefficient (Wildman–Crippen LogP) is 5.56. The second kappa shape index (κ2) is 24.0. The number of rotatable bonds is 2. The minimum absolute atomic E-state index is 0. The third kappa shape index (κ3) is 11.7. The fourth-order valence-electron chi connectivity index (χ4n) is 10.5. The lowest BCUT2D eigenvalue weighted by Gasteiger charge is -2.31. The Hall–Kier alpha value is -10.1. The van der Waals surface area contributed by atoms with Crippen molar-refractivity contribution in [3.05, 3.63) is 163 Å². The van der Waals surface area contributed by atoms with E-state index in [1.54, 1.807) is 0 Å². The molecule has 29 heteroatoms. The number of phenols is 5. The molecule has 0 saturated carbocycles. The fraction of sp³-hybridized carbons (Fsp3) is 0.169. The van der Waals surface area contributed by atoms with Gasteiger partial charge >= 0.3 is 5.97 Å². The Morgan fingerprint density at radius 2 is 1.11 bits per heavy atom. The summed E-state index contributed by atoms with van der Waals surface area (Å²) in [6.07, 6.45) is -2.46. The molecule has 0 aliphatic carbocycles. The van der Waals surface area contributed by atoms with Crippen LogP contribution in [0.5, 0.6) is 69.0 Å². The molecule has 13 rings (SSSR count). The van der Waals surface area contributed by atoms with Gasteiger partial charge in [-0.05, 0) is 112 Å². The van der Waals surface area contributed by atoms with Crippen LogP contribution in [0.25, 0.3) is 11.1 Å². The molecular weight excluding hydrogens is 1210 g/mol. The number of aliphatic hydroxyl groups is 1. The Morgan fingerprint density at radius 3 is 1.75 bits per heavy atom. The van der Waals surface area contributed by atoms with Crippen LogP contribution in [-0.2, 0) is 40.0 Å². The summed E-state index contributed by atoms with van der Waals surface area (Å²) in [6.45, 7) is 0. The Labute approximate surface area is 513 Å². The van der Waals surface area contributed by atoms with Gasteiger partial charge in [0.1, 0.15) is 82.6 Å². The van der Waals surface area contributed by atoms with Crippen LogP contribution in [0.4, 0.5) is 0 Å². The highest BCUT2D eigenvalue weighted by Crippen LogP contribution is 2.49. The van der Waals surface area contributed by atoms with E-state index in [9.17, 15) is 54.9 Å². The van der Waals surface area contributed by atoms with Crippen LogP contribution in [0.2, 0.25) is 15.1 Å². The summed E-state index contributed by atoms with van der Waals surface area (Å²) in [6, 6.07) is 7.43. The molecule has 0 fully saturated rings. The largest absolute Gasteiger partial charge is 0.508 e. The van der Waals surface area contributed by atoms with Gasteiger partial charge in [-0.15, -0.1) is 0 Å². The average Bonchev–Trinajstić information content (AvgIpc) is 2.22. The summed E-state index contributed by atoms with van der Waals surface area (Å²) in [5.41, 5.74) is 4.25. The number of ether oxygens (including phenoxy) is 4. The number of halogens is 3. The molecule has 15 N–H and O–H groups in total. The Morgan fingerprint density at radius 1 is 0.545 bits per heavy atom. The smallest absolute Gasteiger partial charge is 0.330 e. The van der Waals surface area contributed by atoms with Crippen LogP contribution in [0.15, 0.2) is 109 Å². The van der Waals surface area contributed by atoms with E-state index < -0.39 is 140 Å². The number of carboxylic acid groups (broad SMARTS) is 1. The van der Waals surface area contributed by atoms with Gasteiger partial charge in [0.15, 0.2) is 29.0 Å². The summed E-state index contributed by atoms with van der Waals surface area (Å²) in [5.74, 6) is -14.0. The van der Waals surface area contributed by atoms with E-state index in [0.717, 1.165) is 42.5 Å². The number of aromatic hydroxyl groups is 5. The lowest BCUT2D eigenvalue weighted by atomic mass is 9.89. The fourth-order valence-corrected chi connectivity index (χ4v) is 11.2. The van der Waals surface area contributed by atoms with Gasteiger partial charge in [-0.25, -0.2) is 4.79 Å². The third-order valence-electron chi connectivity index (χ3n) is 14.7. The number of hydrogen-bond acceptors (Lipinski definition) is 18. The molecule has 6 heterocycles. The number of aliphatic hydroxyl groups excluding tert-OH is 1. The van der Waals surface area contributed by atoms with Crippen molar-refractivity contribution in [1.82, 2.24) is 31.9 Å². The van der Waals surface area contributed by atoms with E-state index in [0.29, 0.717) is 5.56 Å². The highest BCUT2D eigenvalue weighted by atomic mass is 35.5. The van der Waals surface area contributed by atoms with Crippen molar-refractivity contribution < 1.29 is 88.3 Å².